The Kier molecular flexibility index (Phi) is 5.76. The predicted molar refractivity (Wildman–Crippen MR) is 103 cm³/mol. The van der Waals surface area contributed by atoms with Gasteiger partial charge in [-0.05, 0) is 61.2 Å². The van der Waals surface area contributed by atoms with E-state index in [-0.39, 0.29) is 11.8 Å². The van der Waals surface area contributed by atoms with E-state index < -0.39 is 0 Å². The van der Waals surface area contributed by atoms with Crippen LogP contribution in [0.3, 0.4) is 0 Å². The highest BCUT2D eigenvalue weighted by atomic mass is 19.1. The summed E-state index contributed by atoms with van der Waals surface area (Å²) in [7, 11) is 0. The number of nitrogens with zero attached hydrogens (tertiary/aromatic N) is 2. The molecule has 4 nitrogen and oxygen atoms in total. The highest BCUT2D eigenvalue weighted by Gasteiger charge is 2.21. The van der Waals surface area contributed by atoms with Gasteiger partial charge in [0.25, 0.3) is 0 Å². The third-order valence-electron chi connectivity index (χ3n) is 5.03. The Balaban J connectivity index is 1.44. The van der Waals surface area contributed by atoms with Gasteiger partial charge in [-0.1, -0.05) is 18.2 Å². The van der Waals surface area contributed by atoms with Gasteiger partial charge in [0.1, 0.15) is 5.82 Å². The zero-order valence-electron chi connectivity index (χ0n) is 15.5. The first-order valence-corrected chi connectivity index (χ1v) is 9.12. The van der Waals surface area contributed by atoms with Crippen LogP contribution >= 0.6 is 0 Å². The van der Waals surface area contributed by atoms with Gasteiger partial charge < -0.3 is 15.1 Å². The van der Waals surface area contributed by atoms with E-state index in [1.54, 1.807) is 12.1 Å². The summed E-state index contributed by atoms with van der Waals surface area (Å²) in [5, 5.41) is 2.96. The van der Waals surface area contributed by atoms with E-state index in [9.17, 15) is 9.18 Å². The van der Waals surface area contributed by atoms with E-state index >= 15 is 0 Å². The summed E-state index contributed by atoms with van der Waals surface area (Å²) in [5.41, 5.74) is 4.84. The summed E-state index contributed by atoms with van der Waals surface area (Å²) in [6, 6.07) is 12.9. The molecule has 26 heavy (non-hydrogen) atoms. The Labute approximate surface area is 154 Å². The number of hydrogen-bond acceptors (Lipinski definition) is 2. The van der Waals surface area contributed by atoms with Gasteiger partial charge in [0.15, 0.2) is 0 Å². The van der Waals surface area contributed by atoms with Gasteiger partial charge in [0.05, 0.1) is 0 Å². The second-order valence-corrected chi connectivity index (χ2v) is 6.85. The number of hydrogen-bond donors (Lipinski definition) is 1. The third kappa shape index (κ3) is 4.54. The van der Waals surface area contributed by atoms with Gasteiger partial charge in [-0.3, -0.25) is 0 Å². The Morgan fingerprint density at radius 1 is 1.00 bits per heavy atom. The maximum atomic E-state index is 12.9. The lowest BCUT2D eigenvalue weighted by Gasteiger charge is -2.36. The molecule has 1 saturated heterocycles. The van der Waals surface area contributed by atoms with E-state index in [1.165, 1.54) is 28.9 Å². The van der Waals surface area contributed by atoms with Gasteiger partial charge in [-0.2, -0.15) is 0 Å². The molecule has 2 aromatic carbocycles. The van der Waals surface area contributed by atoms with Crippen LogP contribution in [0.5, 0.6) is 0 Å². The number of rotatable bonds is 4. The second kappa shape index (κ2) is 8.21. The van der Waals surface area contributed by atoms with Crippen LogP contribution in [0, 0.1) is 19.7 Å². The molecule has 0 atom stereocenters. The molecule has 1 fully saturated rings. The fourth-order valence-corrected chi connectivity index (χ4v) is 3.17. The molecule has 0 aromatic heterocycles. The second-order valence-electron chi connectivity index (χ2n) is 6.85. The van der Waals surface area contributed by atoms with Crippen molar-refractivity contribution >= 4 is 11.7 Å². The lowest BCUT2D eigenvalue weighted by Crippen LogP contribution is -2.52. The molecule has 5 heteroatoms. The molecule has 1 aliphatic heterocycles. The number of anilines is 1. The Morgan fingerprint density at radius 2 is 1.69 bits per heavy atom. The van der Waals surface area contributed by atoms with Crippen LogP contribution in [-0.2, 0) is 6.42 Å². The van der Waals surface area contributed by atoms with Gasteiger partial charge in [0.2, 0.25) is 0 Å². The average Bonchev–Trinajstić information content (AvgIpc) is 2.65. The SMILES string of the molecule is Cc1ccc(N2CCN(C(=O)NCCc3ccc(F)cc3)CC2)cc1C. The molecule has 1 N–H and O–H groups in total. The molecule has 3 rings (SSSR count). The molecule has 0 unspecified atom stereocenters. The van der Waals surface area contributed by atoms with Crippen molar-refractivity contribution in [2.75, 3.05) is 37.6 Å². The molecular weight excluding hydrogens is 329 g/mol. The summed E-state index contributed by atoms with van der Waals surface area (Å²) < 4.78 is 12.9. The minimum atomic E-state index is -0.237. The van der Waals surface area contributed by atoms with Crippen molar-refractivity contribution in [1.29, 1.82) is 0 Å². The van der Waals surface area contributed by atoms with Crippen LogP contribution in [0.2, 0.25) is 0 Å². The fraction of sp³-hybridized carbons (Fsp3) is 0.381. The van der Waals surface area contributed by atoms with Gasteiger partial charge >= 0.3 is 6.03 Å². The summed E-state index contributed by atoms with van der Waals surface area (Å²) in [6.07, 6.45) is 0.703. The van der Waals surface area contributed by atoms with E-state index in [1.807, 2.05) is 4.90 Å². The lowest BCUT2D eigenvalue weighted by molar-refractivity contribution is 0.194. The molecule has 1 aliphatic rings. The van der Waals surface area contributed by atoms with Crippen molar-refractivity contribution in [2.45, 2.75) is 20.3 Å². The first-order chi connectivity index (χ1) is 12.5. The first-order valence-electron chi connectivity index (χ1n) is 9.12. The Bertz CT molecular complexity index is 752. The van der Waals surface area contributed by atoms with Crippen molar-refractivity contribution in [3.63, 3.8) is 0 Å². The zero-order chi connectivity index (χ0) is 18.5. The number of aryl methyl sites for hydroxylation is 2. The largest absolute Gasteiger partial charge is 0.368 e. The molecule has 0 spiro atoms. The van der Waals surface area contributed by atoms with Crippen LogP contribution in [0.25, 0.3) is 0 Å². The number of benzene rings is 2. The van der Waals surface area contributed by atoms with Crippen molar-refractivity contribution in [3.05, 3.63) is 65.0 Å². The van der Waals surface area contributed by atoms with Crippen molar-refractivity contribution in [3.8, 4) is 0 Å². The molecule has 0 bridgehead atoms. The monoisotopic (exact) mass is 355 g/mol. The molecule has 2 amide bonds. The average molecular weight is 355 g/mol. The van der Waals surface area contributed by atoms with E-state index in [2.05, 4.69) is 42.3 Å². The number of carbonyl (C=O) groups is 1. The summed E-state index contributed by atoms with van der Waals surface area (Å²) in [4.78, 5) is 16.5. The molecule has 138 valence electrons. The number of nitrogens with one attached hydrogen (secondary N) is 1. The van der Waals surface area contributed by atoms with Crippen LogP contribution < -0.4 is 10.2 Å². The topological polar surface area (TPSA) is 35.6 Å². The number of halogens is 1. The molecule has 0 aliphatic carbocycles. The normalized spacial score (nSPS) is 14.4. The van der Waals surface area contributed by atoms with Crippen LogP contribution in [-0.4, -0.2) is 43.7 Å². The maximum absolute atomic E-state index is 12.9. The zero-order valence-corrected chi connectivity index (χ0v) is 15.5. The quantitative estimate of drug-likeness (QED) is 0.911. The highest BCUT2D eigenvalue weighted by molar-refractivity contribution is 5.74. The van der Waals surface area contributed by atoms with Crippen LogP contribution in [0.4, 0.5) is 14.9 Å². The predicted octanol–water partition coefficient (Wildman–Crippen LogP) is 3.52. The fourth-order valence-electron chi connectivity index (χ4n) is 3.17. The highest BCUT2D eigenvalue weighted by Crippen LogP contribution is 2.20. The van der Waals surface area contributed by atoms with Gasteiger partial charge in [-0.25, -0.2) is 9.18 Å². The van der Waals surface area contributed by atoms with E-state index in [0.29, 0.717) is 13.0 Å². The number of amides is 2. The molecular formula is C21H26FN3O. The maximum Gasteiger partial charge on any atom is 0.317 e. The van der Waals surface area contributed by atoms with Crippen molar-refractivity contribution < 1.29 is 9.18 Å². The number of piperazine rings is 1. The molecule has 1 heterocycles. The third-order valence-corrected chi connectivity index (χ3v) is 5.03. The standard InChI is InChI=1S/C21H26FN3O/c1-16-3-8-20(15-17(16)2)24-11-13-25(14-12-24)21(26)23-10-9-18-4-6-19(22)7-5-18/h3-8,15H,9-14H2,1-2H3,(H,23,26). The molecule has 2 aromatic rings. The summed E-state index contributed by atoms with van der Waals surface area (Å²) in [5.74, 6) is -0.237. The van der Waals surface area contributed by atoms with Crippen LogP contribution in [0.1, 0.15) is 16.7 Å². The molecule has 0 saturated carbocycles. The number of urea groups is 1. The number of carbonyl (C=O) groups excluding carboxylic acids is 1. The Morgan fingerprint density at radius 3 is 2.35 bits per heavy atom. The summed E-state index contributed by atoms with van der Waals surface area (Å²) >= 11 is 0. The van der Waals surface area contributed by atoms with Crippen LogP contribution in [0.15, 0.2) is 42.5 Å². The van der Waals surface area contributed by atoms with E-state index in [0.717, 1.165) is 31.7 Å². The van der Waals surface area contributed by atoms with Gasteiger partial charge in [0, 0.05) is 38.4 Å². The molecule has 0 radical (unpaired) electrons. The lowest BCUT2D eigenvalue weighted by atomic mass is 10.1. The Hall–Kier alpha value is -2.56. The first kappa shape index (κ1) is 18.2. The smallest absolute Gasteiger partial charge is 0.317 e. The van der Waals surface area contributed by atoms with Crippen molar-refractivity contribution in [1.82, 2.24) is 10.2 Å². The summed E-state index contributed by atoms with van der Waals surface area (Å²) in [6.45, 7) is 7.92. The van der Waals surface area contributed by atoms with E-state index in [4.69, 9.17) is 0 Å². The van der Waals surface area contributed by atoms with Gasteiger partial charge in [-0.15, -0.1) is 0 Å². The van der Waals surface area contributed by atoms with Crippen molar-refractivity contribution in [2.24, 2.45) is 0 Å². The minimum Gasteiger partial charge on any atom is -0.368 e. The minimum absolute atomic E-state index is 0.0214.